The van der Waals surface area contributed by atoms with E-state index in [9.17, 15) is 22.8 Å². The predicted molar refractivity (Wildman–Crippen MR) is 107 cm³/mol. The standard InChI is InChI=1S/C20H27F3N4O3/c1-2-18(28)24-15-4-3-7-27(13-15)19(29)25-16-12-14(20(21,22)23)5-6-17(16)26-8-10-30-11-9-26/h5-6,12,15H,2-4,7-11,13H2,1H3,(H,24,28)(H,25,29). The van der Waals surface area contributed by atoms with Crippen LogP contribution >= 0.6 is 0 Å². The number of benzene rings is 1. The summed E-state index contributed by atoms with van der Waals surface area (Å²) in [7, 11) is 0. The molecule has 3 rings (SSSR count). The fraction of sp³-hybridized carbons (Fsp3) is 0.600. The van der Waals surface area contributed by atoms with E-state index >= 15 is 0 Å². The zero-order valence-electron chi connectivity index (χ0n) is 16.9. The zero-order valence-corrected chi connectivity index (χ0v) is 16.9. The first kappa shape index (κ1) is 22.2. The molecule has 0 radical (unpaired) electrons. The Morgan fingerprint density at radius 2 is 1.93 bits per heavy atom. The van der Waals surface area contributed by atoms with Gasteiger partial charge in [-0.1, -0.05) is 6.92 Å². The topological polar surface area (TPSA) is 73.9 Å². The van der Waals surface area contributed by atoms with Crippen LogP contribution in [0.15, 0.2) is 18.2 Å². The quantitative estimate of drug-likeness (QED) is 0.773. The molecular formula is C20H27F3N4O3. The van der Waals surface area contributed by atoms with E-state index in [0.29, 0.717) is 57.9 Å². The fourth-order valence-corrected chi connectivity index (χ4v) is 3.70. The average Bonchev–Trinajstić information content (AvgIpc) is 2.73. The molecular weight excluding hydrogens is 401 g/mol. The van der Waals surface area contributed by atoms with Gasteiger partial charge in [0.1, 0.15) is 0 Å². The highest BCUT2D eigenvalue weighted by molar-refractivity contribution is 5.93. The molecule has 0 aliphatic carbocycles. The second-order valence-corrected chi connectivity index (χ2v) is 7.47. The molecule has 7 nitrogen and oxygen atoms in total. The van der Waals surface area contributed by atoms with Crippen LogP contribution in [0.2, 0.25) is 0 Å². The maximum absolute atomic E-state index is 13.2. The van der Waals surface area contributed by atoms with Crippen molar-refractivity contribution in [3.8, 4) is 0 Å². The Kier molecular flexibility index (Phi) is 7.06. The van der Waals surface area contributed by atoms with Gasteiger partial charge in [-0.15, -0.1) is 0 Å². The van der Waals surface area contributed by atoms with Gasteiger partial charge in [0, 0.05) is 38.6 Å². The summed E-state index contributed by atoms with van der Waals surface area (Å²) in [6.07, 6.45) is -2.68. The predicted octanol–water partition coefficient (Wildman–Crippen LogP) is 3.06. The third-order valence-electron chi connectivity index (χ3n) is 5.31. The van der Waals surface area contributed by atoms with Crippen molar-refractivity contribution in [3.63, 3.8) is 0 Å². The largest absolute Gasteiger partial charge is 0.416 e. The highest BCUT2D eigenvalue weighted by Crippen LogP contribution is 2.36. The van der Waals surface area contributed by atoms with Crippen LogP contribution in [0.1, 0.15) is 31.7 Å². The highest BCUT2D eigenvalue weighted by atomic mass is 19.4. The van der Waals surface area contributed by atoms with Gasteiger partial charge in [0.15, 0.2) is 0 Å². The van der Waals surface area contributed by atoms with Crippen molar-refractivity contribution in [2.24, 2.45) is 0 Å². The van der Waals surface area contributed by atoms with Gasteiger partial charge in [0.05, 0.1) is 30.2 Å². The van der Waals surface area contributed by atoms with Crippen LogP contribution < -0.4 is 15.5 Å². The Balaban J connectivity index is 1.77. The van der Waals surface area contributed by atoms with Gasteiger partial charge < -0.3 is 25.2 Å². The Morgan fingerprint density at radius 1 is 1.20 bits per heavy atom. The van der Waals surface area contributed by atoms with Crippen molar-refractivity contribution in [3.05, 3.63) is 23.8 Å². The number of ether oxygens (including phenoxy) is 1. The van der Waals surface area contributed by atoms with E-state index in [0.717, 1.165) is 18.6 Å². The zero-order chi connectivity index (χ0) is 21.7. The van der Waals surface area contributed by atoms with Crippen molar-refractivity contribution in [1.29, 1.82) is 0 Å². The third-order valence-corrected chi connectivity index (χ3v) is 5.31. The lowest BCUT2D eigenvalue weighted by molar-refractivity contribution is -0.137. The van der Waals surface area contributed by atoms with Crippen molar-refractivity contribution in [1.82, 2.24) is 10.2 Å². The van der Waals surface area contributed by atoms with Gasteiger partial charge >= 0.3 is 12.2 Å². The highest BCUT2D eigenvalue weighted by Gasteiger charge is 2.32. The summed E-state index contributed by atoms with van der Waals surface area (Å²) < 4.78 is 45.0. The number of nitrogens with one attached hydrogen (secondary N) is 2. The minimum absolute atomic E-state index is 0.0882. The van der Waals surface area contributed by atoms with Crippen molar-refractivity contribution < 1.29 is 27.5 Å². The van der Waals surface area contributed by atoms with E-state index in [-0.39, 0.29) is 17.6 Å². The summed E-state index contributed by atoms with van der Waals surface area (Å²) in [6.45, 7) is 4.56. The van der Waals surface area contributed by atoms with Crippen LogP contribution in [0.5, 0.6) is 0 Å². The first-order valence-electron chi connectivity index (χ1n) is 10.2. The molecule has 2 N–H and O–H groups in total. The van der Waals surface area contributed by atoms with Crippen LogP contribution in [0.3, 0.4) is 0 Å². The second kappa shape index (κ2) is 9.55. The van der Waals surface area contributed by atoms with E-state index in [1.807, 2.05) is 4.90 Å². The number of anilines is 2. The van der Waals surface area contributed by atoms with Crippen molar-refractivity contribution in [2.45, 2.75) is 38.4 Å². The van der Waals surface area contributed by atoms with Gasteiger partial charge in [0.2, 0.25) is 5.91 Å². The van der Waals surface area contributed by atoms with Gasteiger partial charge in [-0.3, -0.25) is 4.79 Å². The lowest BCUT2D eigenvalue weighted by Gasteiger charge is -2.34. The van der Waals surface area contributed by atoms with Crippen LogP contribution in [0.4, 0.5) is 29.3 Å². The summed E-state index contributed by atoms with van der Waals surface area (Å²) >= 11 is 0. The van der Waals surface area contributed by atoms with E-state index in [1.165, 1.54) is 11.0 Å². The number of halogens is 3. The molecule has 1 unspecified atom stereocenters. The molecule has 10 heteroatoms. The van der Waals surface area contributed by atoms with Gasteiger partial charge in [-0.25, -0.2) is 4.79 Å². The molecule has 2 saturated heterocycles. The third kappa shape index (κ3) is 5.56. The number of hydrogen-bond acceptors (Lipinski definition) is 4. The van der Waals surface area contributed by atoms with Crippen molar-refractivity contribution in [2.75, 3.05) is 49.6 Å². The summed E-state index contributed by atoms with van der Waals surface area (Å²) in [5.41, 5.74) is -0.162. The van der Waals surface area contributed by atoms with E-state index < -0.39 is 17.8 Å². The summed E-state index contributed by atoms with van der Waals surface area (Å²) in [5, 5.41) is 5.55. The molecule has 166 valence electrons. The number of hydrogen-bond donors (Lipinski definition) is 2. The van der Waals surface area contributed by atoms with Crippen LogP contribution in [-0.4, -0.2) is 62.3 Å². The normalized spacial score (nSPS) is 20.1. The van der Waals surface area contributed by atoms with E-state index in [1.54, 1.807) is 6.92 Å². The Hall–Kier alpha value is -2.49. The SMILES string of the molecule is CCC(=O)NC1CCCN(C(=O)Nc2cc(C(F)(F)F)ccc2N2CCOCC2)C1. The Labute approximate surface area is 173 Å². The molecule has 1 aromatic carbocycles. The monoisotopic (exact) mass is 428 g/mol. The maximum Gasteiger partial charge on any atom is 0.416 e. The van der Waals surface area contributed by atoms with Crippen molar-refractivity contribution >= 4 is 23.3 Å². The second-order valence-electron chi connectivity index (χ2n) is 7.47. The molecule has 0 saturated carbocycles. The summed E-state index contributed by atoms with van der Waals surface area (Å²) in [5.74, 6) is -0.0882. The molecule has 0 spiro atoms. The smallest absolute Gasteiger partial charge is 0.378 e. The first-order valence-corrected chi connectivity index (χ1v) is 10.2. The molecule has 2 aliphatic rings. The molecule has 2 fully saturated rings. The minimum atomic E-state index is -4.51. The summed E-state index contributed by atoms with van der Waals surface area (Å²) in [4.78, 5) is 27.9. The Bertz CT molecular complexity index is 766. The van der Waals surface area contributed by atoms with Crippen LogP contribution in [-0.2, 0) is 15.7 Å². The van der Waals surface area contributed by atoms with E-state index in [2.05, 4.69) is 10.6 Å². The molecule has 2 aliphatic heterocycles. The lowest BCUT2D eigenvalue weighted by Crippen LogP contribution is -2.50. The number of amides is 3. The molecule has 1 atom stereocenters. The number of urea groups is 1. The minimum Gasteiger partial charge on any atom is -0.378 e. The number of alkyl halides is 3. The molecule has 0 bridgehead atoms. The number of piperidine rings is 1. The van der Waals surface area contributed by atoms with E-state index in [4.69, 9.17) is 4.74 Å². The van der Waals surface area contributed by atoms with Crippen LogP contribution in [0, 0.1) is 0 Å². The number of morpholine rings is 1. The Morgan fingerprint density at radius 3 is 2.60 bits per heavy atom. The summed E-state index contributed by atoms with van der Waals surface area (Å²) in [6, 6.07) is 2.77. The number of likely N-dealkylation sites (tertiary alicyclic amines) is 1. The molecule has 2 heterocycles. The van der Waals surface area contributed by atoms with Gasteiger partial charge in [-0.2, -0.15) is 13.2 Å². The average molecular weight is 428 g/mol. The lowest BCUT2D eigenvalue weighted by atomic mass is 10.1. The number of carbonyl (C=O) groups is 2. The fourth-order valence-electron chi connectivity index (χ4n) is 3.70. The molecule has 3 amide bonds. The van der Waals surface area contributed by atoms with Gasteiger partial charge in [-0.05, 0) is 31.0 Å². The van der Waals surface area contributed by atoms with Gasteiger partial charge in [0.25, 0.3) is 0 Å². The number of nitrogens with zero attached hydrogens (tertiary/aromatic N) is 2. The maximum atomic E-state index is 13.2. The van der Waals surface area contributed by atoms with Crippen LogP contribution in [0.25, 0.3) is 0 Å². The first-order chi connectivity index (χ1) is 14.3. The number of carbonyl (C=O) groups excluding carboxylic acids is 2. The molecule has 30 heavy (non-hydrogen) atoms. The molecule has 0 aromatic heterocycles. The number of rotatable bonds is 4. The molecule has 1 aromatic rings.